The molecule has 1 aliphatic carbocycles. The highest BCUT2D eigenvalue weighted by atomic mass is 32.2. The van der Waals surface area contributed by atoms with Gasteiger partial charge in [-0.25, -0.2) is 12.8 Å². The molecule has 1 fully saturated rings. The summed E-state index contributed by atoms with van der Waals surface area (Å²) in [4.78, 5) is 13.3. The maximum Gasteiger partial charge on any atom is 0.238 e. The van der Waals surface area contributed by atoms with E-state index >= 15 is 0 Å². The van der Waals surface area contributed by atoms with Crippen LogP contribution in [0.3, 0.4) is 0 Å². The van der Waals surface area contributed by atoms with Gasteiger partial charge in [0.05, 0.1) is 0 Å². The molecule has 1 aliphatic rings. The first-order valence-electron chi connectivity index (χ1n) is 7.15. The summed E-state index contributed by atoms with van der Waals surface area (Å²) in [5.74, 6) is -1.96. The molecule has 0 N–H and O–H groups in total. The first-order valence-corrected chi connectivity index (χ1v) is 8.80. The van der Waals surface area contributed by atoms with Crippen LogP contribution in [-0.4, -0.2) is 38.1 Å². The van der Waals surface area contributed by atoms with Crippen molar-refractivity contribution in [3.8, 4) is 0 Å². The molecular weight excluding hydrogens is 293 g/mol. The average molecular weight is 313 g/mol. The third kappa shape index (κ3) is 3.81. The lowest BCUT2D eigenvalue weighted by Crippen LogP contribution is -2.41. The van der Waals surface area contributed by atoms with E-state index in [1.54, 1.807) is 7.05 Å². The van der Waals surface area contributed by atoms with E-state index in [0.29, 0.717) is 0 Å². The number of hydrogen-bond donors (Lipinski definition) is 0. The minimum atomic E-state index is -3.94. The van der Waals surface area contributed by atoms with Crippen molar-refractivity contribution in [1.29, 1.82) is 0 Å². The molecule has 1 aromatic carbocycles. The highest BCUT2D eigenvalue weighted by Gasteiger charge is 2.28. The quantitative estimate of drug-likeness (QED) is 0.857. The van der Waals surface area contributed by atoms with Crippen LogP contribution in [-0.2, 0) is 14.6 Å². The van der Waals surface area contributed by atoms with Crippen LogP contribution in [0.25, 0.3) is 0 Å². The number of amides is 1. The van der Waals surface area contributed by atoms with Gasteiger partial charge in [-0.15, -0.1) is 0 Å². The van der Waals surface area contributed by atoms with Gasteiger partial charge in [0.1, 0.15) is 16.5 Å². The molecule has 116 valence electrons. The van der Waals surface area contributed by atoms with Crippen molar-refractivity contribution < 1.29 is 17.6 Å². The first kappa shape index (κ1) is 15.9. The normalized spacial score (nSPS) is 16.7. The second kappa shape index (κ2) is 6.56. The Morgan fingerprint density at radius 2 is 1.86 bits per heavy atom. The van der Waals surface area contributed by atoms with Crippen LogP contribution in [0.4, 0.5) is 4.39 Å². The minimum Gasteiger partial charge on any atom is -0.342 e. The molecule has 0 aromatic heterocycles. The van der Waals surface area contributed by atoms with Gasteiger partial charge in [0, 0.05) is 13.1 Å². The molecule has 0 spiro atoms. The van der Waals surface area contributed by atoms with Crippen molar-refractivity contribution in [3.05, 3.63) is 30.1 Å². The van der Waals surface area contributed by atoms with Gasteiger partial charge in [0.25, 0.3) is 0 Å². The van der Waals surface area contributed by atoms with E-state index in [-0.39, 0.29) is 6.04 Å². The fourth-order valence-electron chi connectivity index (χ4n) is 2.71. The predicted octanol–water partition coefficient (Wildman–Crippen LogP) is 2.39. The smallest absolute Gasteiger partial charge is 0.238 e. The number of rotatable bonds is 4. The van der Waals surface area contributed by atoms with E-state index in [0.717, 1.165) is 38.2 Å². The van der Waals surface area contributed by atoms with E-state index in [2.05, 4.69) is 0 Å². The number of halogens is 1. The standard InChI is InChI=1S/C15H20FNO3S/c1-17(12-7-3-2-4-8-12)15(18)11-21(19,20)14-10-6-5-9-13(14)16/h5-6,9-10,12H,2-4,7-8,11H2,1H3. The van der Waals surface area contributed by atoms with Crippen LogP contribution < -0.4 is 0 Å². The number of hydrogen-bond acceptors (Lipinski definition) is 3. The molecule has 1 saturated carbocycles. The van der Waals surface area contributed by atoms with E-state index < -0.39 is 32.2 Å². The highest BCUT2D eigenvalue weighted by Crippen LogP contribution is 2.22. The summed E-state index contributed by atoms with van der Waals surface area (Å²) in [6.07, 6.45) is 5.08. The zero-order valence-corrected chi connectivity index (χ0v) is 12.9. The van der Waals surface area contributed by atoms with Gasteiger partial charge in [-0.1, -0.05) is 31.4 Å². The molecule has 0 saturated heterocycles. The topological polar surface area (TPSA) is 54.5 Å². The molecule has 0 radical (unpaired) electrons. The maximum atomic E-state index is 13.6. The first-order chi connectivity index (χ1) is 9.92. The van der Waals surface area contributed by atoms with Gasteiger partial charge in [0.15, 0.2) is 9.84 Å². The lowest BCUT2D eigenvalue weighted by Gasteiger charge is -2.31. The number of carbonyl (C=O) groups is 1. The molecule has 6 heteroatoms. The zero-order valence-electron chi connectivity index (χ0n) is 12.1. The van der Waals surface area contributed by atoms with Gasteiger partial charge >= 0.3 is 0 Å². The Morgan fingerprint density at radius 1 is 1.24 bits per heavy atom. The summed E-state index contributed by atoms with van der Waals surface area (Å²) < 4.78 is 37.9. The fraction of sp³-hybridized carbons (Fsp3) is 0.533. The molecule has 0 bridgehead atoms. The van der Waals surface area contributed by atoms with Crippen molar-refractivity contribution in [2.24, 2.45) is 0 Å². The van der Waals surface area contributed by atoms with Crippen molar-refractivity contribution in [1.82, 2.24) is 4.90 Å². The van der Waals surface area contributed by atoms with Crippen molar-refractivity contribution in [2.75, 3.05) is 12.8 Å². The summed E-state index contributed by atoms with van der Waals surface area (Å²) in [6, 6.07) is 5.25. The number of carbonyl (C=O) groups excluding carboxylic acids is 1. The van der Waals surface area contributed by atoms with Crippen LogP contribution in [0.1, 0.15) is 32.1 Å². The predicted molar refractivity (Wildman–Crippen MR) is 78.1 cm³/mol. The van der Waals surface area contributed by atoms with Crippen LogP contribution in [0.2, 0.25) is 0 Å². The Hall–Kier alpha value is -1.43. The third-order valence-electron chi connectivity index (χ3n) is 4.00. The minimum absolute atomic E-state index is 0.0991. The molecular formula is C15H20FNO3S. The van der Waals surface area contributed by atoms with E-state index in [4.69, 9.17) is 0 Å². The van der Waals surface area contributed by atoms with E-state index in [1.165, 1.54) is 23.1 Å². The van der Waals surface area contributed by atoms with Gasteiger partial charge < -0.3 is 4.90 Å². The zero-order chi connectivity index (χ0) is 15.5. The SMILES string of the molecule is CN(C(=O)CS(=O)(=O)c1ccccc1F)C1CCCCC1. The Balaban J connectivity index is 2.09. The van der Waals surface area contributed by atoms with Crippen molar-refractivity contribution >= 4 is 15.7 Å². The average Bonchev–Trinajstić information content (AvgIpc) is 2.47. The van der Waals surface area contributed by atoms with Gasteiger partial charge in [-0.2, -0.15) is 0 Å². The van der Waals surface area contributed by atoms with Gasteiger partial charge in [-0.05, 0) is 25.0 Å². The van der Waals surface area contributed by atoms with Crippen molar-refractivity contribution in [3.63, 3.8) is 0 Å². The molecule has 0 aliphatic heterocycles. The summed E-state index contributed by atoms with van der Waals surface area (Å²) in [5.41, 5.74) is 0. The van der Waals surface area contributed by atoms with Crippen LogP contribution in [0.15, 0.2) is 29.2 Å². The summed E-state index contributed by atoms with van der Waals surface area (Å²) in [7, 11) is -2.31. The number of nitrogens with zero attached hydrogens (tertiary/aromatic N) is 1. The molecule has 0 heterocycles. The summed E-state index contributed by atoms with van der Waals surface area (Å²) in [6.45, 7) is 0. The van der Waals surface area contributed by atoms with Gasteiger partial charge in [-0.3, -0.25) is 4.79 Å². The second-order valence-corrected chi connectivity index (χ2v) is 7.44. The number of sulfone groups is 1. The molecule has 1 aromatic rings. The Labute approximate surface area is 124 Å². The summed E-state index contributed by atoms with van der Waals surface area (Å²) in [5, 5.41) is 0. The van der Waals surface area contributed by atoms with Crippen LogP contribution in [0, 0.1) is 5.82 Å². The molecule has 1 amide bonds. The maximum absolute atomic E-state index is 13.6. The monoisotopic (exact) mass is 313 g/mol. The Morgan fingerprint density at radius 3 is 2.48 bits per heavy atom. The molecule has 21 heavy (non-hydrogen) atoms. The van der Waals surface area contributed by atoms with Crippen LogP contribution in [0.5, 0.6) is 0 Å². The number of benzene rings is 1. The lowest BCUT2D eigenvalue weighted by molar-refractivity contribution is -0.129. The van der Waals surface area contributed by atoms with Gasteiger partial charge in [0.2, 0.25) is 5.91 Å². The van der Waals surface area contributed by atoms with E-state index in [9.17, 15) is 17.6 Å². The lowest BCUT2D eigenvalue weighted by atomic mass is 9.94. The molecule has 0 unspecified atom stereocenters. The Kier molecular flexibility index (Phi) is 4.98. The molecule has 4 nitrogen and oxygen atoms in total. The highest BCUT2D eigenvalue weighted by molar-refractivity contribution is 7.92. The second-order valence-electron chi connectivity index (χ2n) is 5.49. The fourth-order valence-corrected chi connectivity index (χ4v) is 4.05. The largest absolute Gasteiger partial charge is 0.342 e. The summed E-state index contributed by atoms with van der Waals surface area (Å²) >= 11 is 0. The van der Waals surface area contributed by atoms with Crippen molar-refractivity contribution in [2.45, 2.75) is 43.0 Å². The Bertz CT molecular complexity index is 609. The molecule has 0 atom stereocenters. The van der Waals surface area contributed by atoms with Crippen LogP contribution >= 0.6 is 0 Å². The van der Waals surface area contributed by atoms with E-state index in [1.807, 2.05) is 0 Å². The molecule has 2 rings (SSSR count). The third-order valence-corrected chi connectivity index (χ3v) is 5.63.